The summed E-state index contributed by atoms with van der Waals surface area (Å²) in [4.78, 5) is 35.2. The second kappa shape index (κ2) is 10.1. The largest absolute Gasteiger partial charge is 0.513 e. The van der Waals surface area contributed by atoms with E-state index < -0.39 is 6.16 Å². The number of nitrogens with one attached hydrogen (secondary N) is 2. The molecule has 0 radical (unpaired) electrons. The van der Waals surface area contributed by atoms with Crippen molar-refractivity contribution < 1.29 is 23.9 Å². The van der Waals surface area contributed by atoms with E-state index in [9.17, 15) is 14.4 Å². The molecular formula is C21H24N2O5. The number of amides is 2. The van der Waals surface area contributed by atoms with Crippen LogP contribution in [0.2, 0.25) is 0 Å². The van der Waals surface area contributed by atoms with Crippen LogP contribution in [0.1, 0.15) is 36.7 Å². The van der Waals surface area contributed by atoms with Crippen molar-refractivity contribution in [3.8, 4) is 5.75 Å². The van der Waals surface area contributed by atoms with Crippen molar-refractivity contribution >= 4 is 23.7 Å². The van der Waals surface area contributed by atoms with Gasteiger partial charge in [0.2, 0.25) is 5.91 Å². The molecule has 7 nitrogen and oxygen atoms in total. The molecule has 2 amide bonds. The summed E-state index contributed by atoms with van der Waals surface area (Å²) in [7, 11) is 0. The average Bonchev–Trinajstić information content (AvgIpc) is 2.68. The van der Waals surface area contributed by atoms with Crippen LogP contribution >= 0.6 is 0 Å². The van der Waals surface area contributed by atoms with E-state index in [1.807, 2.05) is 26.0 Å². The van der Waals surface area contributed by atoms with Gasteiger partial charge in [-0.15, -0.1) is 0 Å². The lowest BCUT2D eigenvalue weighted by atomic mass is 10.1. The van der Waals surface area contributed by atoms with Crippen LogP contribution in [0.3, 0.4) is 0 Å². The molecule has 0 heterocycles. The topological polar surface area (TPSA) is 93.7 Å². The lowest BCUT2D eigenvalue weighted by Crippen LogP contribution is -2.22. The lowest BCUT2D eigenvalue weighted by molar-refractivity contribution is -0.118. The molecule has 2 N–H and O–H groups in total. The van der Waals surface area contributed by atoms with Crippen molar-refractivity contribution in [2.45, 2.75) is 27.3 Å². The second-order valence-corrected chi connectivity index (χ2v) is 6.33. The third-order valence-corrected chi connectivity index (χ3v) is 3.78. The Labute approximate surface area is 164 Å². The van der Waals surface area contributed by atoms with Crippen molar-refractivity contribution in [1.82, 2.24) is 5.32 Å². The molecule has 0 fully saturated rings. The van der Waals surface area contributed by atoms with Gasteiger partial charge in [0.1, 0.15) is 5.75 Å². The minimum absolute atomic E-state index is 0.0450. The molecule has 0 unspecified atom stereocenters. The Bertz CT molecular complexity index is 814. The SMILES string of the molecule is CCOC(=O)Oc1ccc(C(=O)NCc2ccc(NC(=O)C(C)C)cc2)cc1. The van der Waals surface area contributed by atoms with E-state index >= 15 is 0 Å². The molecule has 0 spiro atoms. The molecule has 0 aliphatic carbocycles. The quantitative estimate of drug-likeness (QED) is 0.560. The Kier molecular flexibility index (Phi) is 7.56. The molecule has 148 valence electrons. The van der Waals surface area contributed by atoms with E-state index in [1.165, 1.54) is 12.1 Å². The fourth-order valence-corrected chi connectivity index (χ4v) is 2.19. The van der Waals surface area contributed by atoms with Gasteiger partial charge in [0, 0.05) is 23.7 Å². The maximum atomic E-state index is 12.2. The molecule has 0 aliphatic rings. The first kappa shape index (κ1) is 21.0. The molecule has 2 aromatic carbocycles. The molecule has 2 aromatic rings. The van der Waals surface area contributed by atoms with E-state index in [0.717, 1.165) is 5.56 Å². The summed E-state index contributed by atoms with van der Waals surface area (Å²) >= 11 is 0. The zero-order valence-electron chi connectivity index (χ0n) is 16.2. The van der Waals surface area contributed by atoms with Crippen molar-refractivity contribution in [2.75, 3.05) is 11.9 Å². The van der Waals surface area contributed by atoms with Gasteiger partial charge < -0.3 is 20.1 Å². The van der Waals surface area contributed by atoms with Crippen LogP contribution < -0.4 is 15.4 Å². The van der Waals surface area contributed by atoms with E-state index in [0.29, 0.717) is 23.5 Å². The number of hydrogen-bond acceptors (Lipinski definition) is 5. The highest BCUT2D eigenvalue weighted by molar-refractivity contribution is 5.94. The summed E-state index contributed by atoms with van der Waals surface area (Å²) in [5.74, 6) is -0.0848. The van der Waals surface area contributed by atoms with Crippen molar-refractivity contribution in [1.29, 1.82) is 0 Å². The minimum atomic E-state index is -0.785. The number of anilines is 1. The van der Waals surface area contributed by atoms with E-state index in [-0.39, 0.29) is 24.3 Å². The summed E-state index contributed by atoms with van der Waals surface area (Å²) in [5, 5.41) is 5.63. The Morgan fingerprint density at radius 1 is 0.964 bits per heavy atom. The van der Waals surface area contributed by atoms with Gasteiger partial charge in [-0.05, 0) is 48.9 Å². The summed E-state index contributed by atoms with van der Waals surface area (Å²) in [6.07, 6.45) is -0.785. The molecule has 0 aliphatic heterocycles. The van der Waals surface area contributed by atoms with Crippen LogP contribution in [0.15, 0.2) is 48.5 Å². The highest BCUT2D eigenvalue weighted by Gasteiger charge is 2.09. The molecule has 2 rings (SSSR count). The van der Waals surface area contributed by atoms with Crippen LogP contribution in [0.25, 0.3) is 0 Å². The minimum Gasteiger partial charge on any atom is -0.434 e. The van der Waals surface area contributed by atoms with Crippen LogP contribution in [0, 0.1) is 5.92 Å². The number of ether oxygens (including phenoxy) is 2. The molecule has 0 saturated heterocycles. The van der Waals surface area contributed by atoms with Crippen LogP contribution in [-0.4, -0.2) is 24.6 Å². The van der Waals surface area contributed by atoms with Gasteiger partial charge in [-0.25, -0.2) is 4.79 Å². The highest BCUT2D eigenvalue weighted by atomic mass is 16.7. The molecule has 0 saturated carbocycles. The van der Waals surface area contributed by atoms with Gasteiger partial charge in [0.05, 0.1) is 6.61 Å². The first-order chi connectivity index (χ1) is 13.4. The third-order valence-electron chi connectivity index (χ3n) is 3.78. The predicted molar refractivity (Wildman–Crippen MR) is 105 cm³/mol. The number of carbonyl (C=O) groups excluding carboxylic acids is 3. The number of benzene rings is 2. The predicted octanol–water partition coefficient (Wildman–Crippen LogP) is 3.75. The Morgan fingerprint density at radius 3 is 2.18 bits per heavy atom. The van der Waals surface area contributed by atoms with Crippen molar-refractivity contribution in [3.63, 3.8) is 0 Å². The smallest absolute Gasteiger partial charge is 0.434 e. The zero-order chi connectivity index (χ0) is 20.5. The third kappa shape index (κ3) is 6.42. The fourth-order valence-electron chi connectivity index (χ4n) is 2.19. The van der Waals surface area contributed by atoms with E-state index in [2.05, 4.69) is 15.4 Å². The molecule has 0 atom stereocenters. The first-order valence-corrected chi connectivity index (χ1v) is 9.01. The molecule has 28 heavy (non-hydrogen) atoms. The van der Waals surface area contributed by atoms with E-state index in [1.54, 1.807) is 31.2 Å². The summed E-state index contributed by atoms with van der Waals surface area (Å²) in [6, 6.07) is 13.4. The van der Waals surface area contributed by atoms with Crippen LogP contribution in [0.4, 0.5) is 10.5 Å². The van der Waals surface area contributed by atoms with Crippen molar-refractivity contribution in [2.24, 2.45) is 5.92 Å². The van der Waals surface area contributed by atoms with Crippen molar-refractivity contribution in [3.05, 3.63) is 59.7 Å². The van der Waals surface area contributed by atoms with Crippen LogP contribution in [0.5, 0.6) is 5.75 Å². The average molecular weight is 384 g/mol. The summed E-state index contributed by atoms with van der Waals surface area (Å²) in [6.45, 7) is 5.91. The molecule has 7 heteroatoms. The number of carbonyl (C=O) groups is 3. The number of hydrogen-bond donors (Lipinski definition) is 2. The second-order valence-electron chi connectivity index (χ2n) is 6.33. The maximum absolute atomic E-state index is 12.2. The molecule has 0 bridgehead atoms. The monoisotopic (exact) mass is 384 g/mol. The normalized spacial score (nSPS) is 10.3. The van der Waals surface area contributed by atoms with Gasteiger partial charge >= 0.3 is 6.16 Å². The zero-order valence-corrected chi connectivity index (χ0v) is 16.2. The standard InChI is InChI=1S/C21H24N2O5/c1-4-27-21(26)28-18-11-7-16(8-12-18)20(25)22-13-15-5-9-17(10-6-15)23-19(24)14(2)3/h5-12,14H,4,13H2,1-3H3,(H,22,25)(H,23,24). The van der Waals surface area contributed by atoms with Gasteiger partial charge in [-0.1, -0.05) is 26.0 Å². The summed E-state index contributed by atoms with van der Waals surface area (Å²) < 4.78 is 9.64. The van der Waals surface area contributed by atoms with Gasteiger partial charge in [0.25, 0.3) is 5.91 Å². The highest BCUT2D eigenvalue weighted by Crippen LogP contribution is 2.14. The Hall–Kier alpha value is -3.35. The lowest BCUT2D eigenvalue weighted by Gasteiger charge is -2.09. The maximum Gasteiger partial charge on any atom is 0.513 e. The van der Waals surface area contributed by atoms with E-state index in [4.69, 9.17) is 4.74 Å². The fraction of sp³-hybridized carbons (Fsp3) is 0.286. The summed E-state index contributed by atoms with van der Waals surface area (Å²) in [5.41, 5.74) is 2.06. The number of rotatable bonds is 7. The Morgan fingerprint density at radius 2 is 1.61 bits per heavy atom. The first-order valence-electron chi connectivity index (χ1n) is 9.01. The van der Waals surface area contributed by atoms with Gasteiger partial charge in [0.15, 0.2) is 0 Å². The van der Waals surface area contributed by atoms with Crippen LogP contribution in [-0.2, 0) is 16.1 Å². The molecular weight excluding hydrogens is 360 g/mol. The van der Waals surface area contributed by atoms with Gasteiger partial charge in [-0.2, -0.15) is 0 Å². The van der Waals surface area contributed by atoms with Gasteiger partial charge in [-0.3, -0.25) is 9.59 Å². The molecule has 0 aromatic heterocycles. The Balaban J connectivity index is 1.86.